The van der Waals surface area contributed by atoms with Crippen LogP contribution < -0.4 is 37.7 Å². The summed E-state index contributed by atoms with van der Waals surface area (Å²) in [6, 6.07) is 0. The molecule has 0 spiro atoms. The fourth-order valence-corrected chi connectivity index (χ4v) is 0.256. The Balaban J connectivity index is -0.000000405. The van der Waals surface area contributed by atoms with Crippen LogP contribution in [0.3, 0.4) is 0 Å². The maximum Gasteiger partial charge on any atom is 1.00 e. The van der Waals surface area contributed by atoms with Crippen molar-refractivity contribution in [2.75, 3.05) is 0 Å². The van der Waals surface area contributed by atoms with E-state index in [1.807, 2.05) is 0 Å². The molecular formula is C4H6Li2N2O4. The largest absolute Gasteiger partial charge is 1.00 e. The molecule has 0 saturated carbocycles. The molecule has 0 saturated heterocycles. The Morgan fingerprint density at radius 1 is 0.917 bits per heavy atom. The Labute approximate surface area is 93.7 Å². The van der Waals surface area contributed by atoms with Crippen molar-refractivity contribution in [3.05, 3.63) is 10.4 Å². The summed E-state index contributed by atoms with van der Waals surface area (Å²) in [5.74, 6) is -2.05. The molecule has 0 radical (unpaired) electrons. The molecule has 6 nitrogen and oxygen atoms in total. The van der Waals surface area contributed by atoms with Crippen molar-refractivity contribution in [1.29, 1.82) is 0 Å². The molecule has 0 aliphatic carbocycles. The Kier molecular flexibility index (Phi) is 11.5. The van der Waals surface area contributed by atoms with Crippen LogP contribution in [-0.2, 0) is 9.59 Å². The number of hydrazine groups is 1. The molecule has 58 valence electrons. The summed E-state index contributed by atoms with van der Waals surface area (Å²) in [4.78, 5) is 20.2. The van der Waals surface area contributed by atoms with Crippen molar-refractivity contribution in [3.63, 3.8) is 0 Å². The van der Waals surface area contributed by atoms with E-state index in [1.165, 1.54) is 0 Å². The Morgan fingerprint density at radius 3 is 1.17 bits per heavy atom. The molecule has 0 heterocycles. The molecule has 0 atom stereocenters. The van der Waals surface area contributed by atoms with Crippen molar-refractivity contribution in [3.8, 4) is 0 Å². The van der Waals surface area contributed by atoms with Crippen LogP contribution in [0.5, 0.6) is 0 Å². The van der Waals surface area contributed by atoms with E-state index in [2.05, 4.69) is 0 Å². The average Bonchev–Trinajstić information content (AvgIpc) is 1.84. The minimum absolute atomic E-state index is 0. The van der Waals surface area contributed by atoms with Crippen molar-refractivity contribution in [2.24, 2.45) is 0 Å². The molecule has 0 rings (SSSR count). The SMILES string of the molecule is CC(=O)N([O-])N([O-])C(C)=O.[Li+].[Li+]. The van der Waals surface area contributed by atoms with Crippen molar-refractivity contribution in [1.82, 2.24) is 10.3 Å². The normalized spacial score (nSPS) is 7.33. The fourth-order valence-electron chi connectivity index (χ4n) is 0.256. The quantitative estimate of drug-likeness (QED) is 0.260. The Morgan fingerprint density at radius 2 is 1.08 bits per heavy atom. The van der Waals surface area contributed by atoms with Crippen LogP contribution in [0.1, 0.15) is 13.8 Å². The zero-order chi connectivity index (χ0) is 8.31. The summed E-state index contributed by atoms with van der Waals surface area (Å²) in [5, 5.41) is 19.4. The zero-order valence-corrected chi connectivity index (χ0v) is 7.53. The van der Waals surface area contributed by atoms with Gasteiger partial charge >= 0.3 is 37.7 Å². The molecular weight excluding hydrogens is 154 g/mol. The molecule has 0 aromatic rings. The second-order valence-corrected chi connectivity index (χ2v) is 1.58. The second kappa shape index (κ2) is 7.69. The van der Waals surface area contributed by atoms with Crippen LogP contribution in [0.4, 0.5) is 0 Å². The summed E-state index contributed by atoms with van der Waals surface area (Å²) in [6.07, 6.45) is 0. The van der Waals surface area contributed by atoms with E-state index in [0.717, 1.165) is 13.8 Å². The number of amides is 2. The van der Waals surface area contributed by atoms with Gasteiger partial charge in [-0.05, 0) is 0 Å². The van der Waals surface area contributed by atoms with Crippen LogP contribution in [0, 0.1) is 10.4 Å². The molecule has 0 N–H and O–H groups in total. The van der Waals surface area contributed by atoms with Crippen molar-refractivity contribution < 1.29 is 47.3 Å². The van der Waals surface area contributed by atoms with Crippen LogP contribution in [0.2, 0.25) is 0 Å². The van der Waals surface area contributed by atoms with Crippen LogP contribution in [-0.4, -0.2) is 22.2 Å². The third kappa shape index (κ3) is 5.67. The van der Waals surface area contributed by atoms with Crippen molar-refractivity contribution >= 4 is 11.8 Å². The number of hydrogen-bond donors (Lipinski definition) is 0. The molecule has 8 heteroatoms. The van der Waals surface area contributed by atoms with Gasteiger partial charge in [0, 0.05) is 13.8 Å². The molecule has 0 unspecified atom stereocenters. The Bertz CT molecular complexity index is 147. The van der Waals surface area contributed by atoms with Gasteiger partial charge in [0.1, 0.15) is 0 Å². The van der Waals surface area contributed by atoms with Gasteiger partial charge in [0.15, 0.2) is 0 Å². The summed E-state index contributed by atoms with van der Waals surface area (Å²) in [5.41, 5.74) is 0. The van der Waals surface area contributed by atoms with Crippen LogP contribution >= 0.6 is 0 Å². The van der Waals surface area contributed by atoms with E-state index in [9.17, 15) is 20.0 Å². The number of nitrogens with zero attached hydrogens (tertiary/aromatic N) is 2. The van der Waals surface area contributed by atoms with E-state index in [-0.39, 0.29) is 37.7 Å². The predicted molar refractivity (Wildman–Crippen MR) is 31.8 cm³/mol. The summed E-state index contributed by atoms with van der Waals surface area (Å²) < 4.78 is 0. The molecule has 0 aliphatic rings. The maximum absolute atomic E-state index is 10.2. The first-order valence-corrected chi connectivity index (χ1v) is 2.42. The Hall–Kier alpha value is 0.0548. The summed E-state index contributed by atoms with van der Waals surface area (Å²) >= 11 is 0. The smallest absolute Gasteiger partial charge is 0.737 e. The predicted octanol–water partition coefficient (Wildman–Crippen LogP) is -6.40. The minimum Gasteiger partial charge on any atom is -0.737 e. The molecule has 12 heavy (non-hydrogen) atoms. The van der Waals surface area contributed by atoms with Crippen molar-refractivity contribution in [2.45, 2.75) is 13.8 Å². The molecule has 0 bridgehead atoms. The maximum atomic E-state index is 10.2. The van der Waals surface area contributed by atoms with E-state index in [0.29, 0.717) is 0 Å². The third-order valence-corrected chi connectivity index (χ3v) is 0.704. The number of carbonyl (C=O) groups is 2. The van der Waals surface area contributed by atoms with Gasteiger partial charge in [0.25, 0.3) is 0 Å². The van der Waals surface area contributed by atoms with E-state index < -0.39 is 22.2 Å². The zero-order valence-electron chi connectivity index (χ0n) is 7.53. The topological polar surface area (TPSA) is 86.7 Å². The minimum atomic E-state index is -1.02. The van der Waals surface area contributed by atoms with Crippen LogP contribution in [0.25, 0.3) is 0 Å². The van der Waals surface area contributed by atoms with Gasteiger partial charge in [0.2, 0.25) is 11.8 Å². The number of hydrogen-bond acceptors (Lipinski definition) is 4. The molecule has 0 aromatic heterocycles. The van der Waals surface area contributed by atoms with Gasteiger partial charge < -0.3 is 20.8 Å². The third-order valence-electron chi connectivity index (χ3n) is 0.704. The first-order valence-electron chi connectivity index (χ1n) is 2.42. The first-order chi connectivity index (χ1) is 4.46. The summed E-state index contributed by atoms with van der Waals surface area (Å²) in [7, 11) is 0. The van der Waals surface area contributed by atoms with Gasteiger partial charge in [-0.1, -0.05) is 0 Å². The van der Waals surface area contributed by atoms with Gasteiger partial charge in [-0.15, -0.1) is 0 Å². The first kappa shape index (κ1) is 18.0. The fraction of sp³-hybridized carbons (Fsp3) is 0.500. The summed E-state index contributed by atoms with van der Waals surface area (Å²) in [6.45, 7) is 1.78. The number of rotatable bonds is 0. The monoisotopic (exact) mass is 160 g/mol. The molecule has 0 aromatic carbocycles. The molecule has 0 aliphatic heterocycles. The number of carbonyl (C=O) groups excluding carboxylic acids is 2. The second-order valence-electron chi connectivity index (χ2n) is 1.58. The van der Waals surface area contributed by atoms with Gasteiger partial charge in [-0.25, -0.2) is 0 Å². The van der Waals surface area contributed by atoms with E-state index in [4.69, 9.17) is 0 Å². The van der Waals surface area contributed by atoms with E-state index in [1.54, 1.807) is 0 Å². The van der Waals surface area contributed by atoms with Gasteiger partial charge in [-0.2, -0.15) is 0 Å². The molecule has 0 fully saturated rings. The number of hydroxylamine groups is 2. The van der Waals surface area contributed by atoms with E-state index >= 15 is 0 Å². The molecule has 2 amide bonds. The standard InChI is InChI=1S/C4H6N2O4.2Li/c1-3(7)5(9)6(10)4(2)8;;/h1-2H3;;/q-2;2*+1. The van der Waals surface area contributed by atoms with Gasteiger partial charge in [0.05, 0.1) is 0 Å². The van der Waals surface area contributed by atoms with Crippen LogP contribution in [0.15, 0.2) is 0 Å². The average molecular weight is 160 g/mol. The van der Waals surface area contributed by atoms with Gasteiger partial charge in [-0.3, -0.25) is 9.59 Å².